The molecular weight excluding hydrogens is 284 g/mol. The zero-order chi connectivity index (χ0) is 15.8. The number of aromatic nitrogens is 2. The van der Waals surface area contributed by atoms with Crippen molar-refractivity contribution in [2.45, 2.75) is 38.6 Å². The molecule has 7 nitrogen and oxygen atoms in total. The molecule has 1 aromatic rings. The summed E-state index contributed by atoms with van der Waals surface area (Å²) in [7, 11) is 0. The van der Waals surface area contributed by atoms with Gasteiger partial charge in [0.05, 0.1) is 12.7 Å². The van der Waals surface area contributed by atoms with Crippen LogP contribution in [0.2, 0.25) is 0 Å². The second-order valence-corrected chi connectivity index (χ2v) is 5.75. The van der Waals surface area contributed by atoms with E-state index in [4.69, 9.17) is 5.11 Å². The minimum Gasteiger partial charge on any atom is -0.481 e. The van der Waals surface area contributed by atoms with Crippen LogP contribution in [0, 0.1) is 5.92 Å². The van der Waals surface area contributed by atoms with Crippen LogP contribution < -0.4 is 5.32 Å². The molecule has 1 aliphatic heterocycles. The van der Waals surface area contributed by atoms with Gasteiger partial charge in [-0.15, -0.1) is 0 Å². The molecule has 0 spiro atoms. The van der Waals surface area contributed by atoms with Gasteiger partial charge in [-0.2, -0.15) is 0 Å². The number of rotatable bonds is 7. The van der Waals surface area contributed by atoms with Crippen molar-refractivity contribution < 1.29 is 14.7 Å². The maximum absolute atomic E-state index is 11.9. The Labute approximate surface area is 130 Å². The maximum Gasteiger partial charge on any atom is 0.317 e. The highest BCUT2D eigenvalue weighted by Gasteiger charge is 2.22. The number of nitrogens with one attached hydrogen (secondary N) is 1. The number of piperidine rings is 1. The third-order valence-electron chi connectivity index (χ3n) is 4.10. The topological polar surface area (TPSA) is 87.5 Å². The SMILES string of the molecule is O=C(O)CCNC(=O)N1CCC(CCCn2ccnc2)CC1. The molecule has 0 aliphatic carbocycles. The molecule has 122 valence electrons. The number of amides is 2. The van der Waals surface area contributed by atoms with E-state index in [0.717, 1.165) is 38.9 Å². The number of imidazole rings is 1. The lowest BCUT2D eigenvalue weighted by molar-refractivity contribution is -0.136. The first-order valence-corrected chi connectivity index (χ1v) is 7.85. The maximum atomic E-state index is 11.9. The van der Waals surface area contributed by atoms with Crippen molar-refractivity contribution in [2.24, 2.45) is 5.92 Å². The van der Waals surface area contributed by atoms with Crippen molar-refractivity contribution in [1.29, 1.82) is 0 Å². The third-order valence-corrected chi connectivity index (χ3v) is 4.10. The van der Waals surface area contributed by atoms with Crippen molar-refractivity contribution in [3.63, 3.8) is 0 Å². The Morgan fingerprint density at radius 2 is 2.09 bits per heavy atom. The van der Waals surface area contributed by atoms with Crippen LogP contribution in [0.3, 0.4) is 0 Å². The molecule has 2 heterocycles. The molecule has 2 N–H and O–H groups in total. The summed E-state index contributed by atoms with van der Waals surface area (Å²) < 4.78 is 2.09. The molecule has 2 rings (SSSR count). The number of urea groups is 1. The highest BCUT2D eigenvalue weighted by molar-refractivity contribution is 5.75. The van der Waals surface area contributed by atoms with E-state index in [2.05, 4.69) is 14.9 Å². The number of aliphatic carboxylic acids is 1. The smallest absolute Gasteiger partial charge is 0.317 e. The normalized spacial score (nSPS) is 15.7. The van der Waals surface area contributed by atoms with E-state index in [1.807, 2.05) is 12.5 Å². The van der Waals surface area contributed by atoms with Crippen LogP contribution in [0.5, 0.6) is 0 Å². The van der Waals surface area contributed by atoms with E-state index in [-0.39, 0.29) is 19.0 Å². The van der Waals surface area contributed by atoms with Gasteiger partial charge in [-0.05, 0) is 31.6 Å². The minimum absolute atomic E-state index is 0.0313. The number of carboxylic acids is 1. The Hall–Kier alpha value is -2.05. The summed E-state index contributed by atoms with van der Waals surface area (Å²) in [4.78, 5) is 28.1. The minimum atomic E-state index is -0.892. The monoisotopic (exact) mass is 308 g/mol. The molecule has 1 fully saturated rings. The zero-order valence-corrected chi connectivity index (χ0v) is 12.8. The summed E-state index contributed by atoms with van der Waals surface area (Å²) in [5.41, 5.74) is 0. The van der Waals surface area contributed by atoms with Crippen molar-refractivity contribution in [1.82, 2.24) is 19.8 Å². The summed E-state index contributed by atoms with van der Waals surface area (Å²) in [5.74, 6) is -0.219. The van der Waals surface area contributed by atoms with Gasteiger partial charge >= 0.3 is 12.0 Å². The number of hydrogen-bond donors (Lipinski definition) is 2. The summed E-state index contributed by atoms with van der Waals surface area (Å²) >= 11 is 0. The number of nitrogens with zero attached hydrogens (tertiary/aromatic N) is 3. The van der Waals surface area contributed by atoms with Gasteiger partial charge in [-0.3, -0.25) is 4.79 Å². The van der Waals surface area contributed by atoms with Gasteiger partial charge in [0.15, 0.2) is 0 Å². The van der Waals surface area contributed by atoms with Crippen molar-refractivity contribution in [3.05, 3.63) is 18.7 Å². The van der Waals surface area contributed by atoms with Crippen LogP contribution in [-0.4, -0.2) is 51.2 Å². The second-order valence-electron chi connectivity index (χ2n) is 5.75. The predicted molar refractivity (Wildman–Crippen MR) is 81.4 cm³/mol. The fourth-order valence-corrected chi connectivity index (χ4v) is 2.79. The fourth-order valence-electron chi connectivity index (χ4n) is 2.79. The van der Waals surface area contributed by atoms with Crippen LogP contribution in [-0.2, 0) is 11.3 Å². The predicted octanol–water partition coefficient (Wildman–Crippen LogP) is 1.56. The fraction of sp³-hybridized carbons (Fsp3) is 0.667. The average Bonchev–Trinajstić information content (AvgIpc) is 3.01. The Morgan fingerprint density at radius 3 is 2.73 bits per heavy atom. The van der Waals surface area contributed by atoms with Gasteiger partial charge in [0.2, 0.25) is 0 Å². The van der Waals surface area contributed by atoms with Crippen LogP contribution in [0.4, 0.5) is 4.79 Å². The highest BCUT2D eigenvalue weighted by Crippen LogP contribution is 2.22. The molecule has 0 unspecified atom stereocenters. The Morgan fingerprint density at radius 1 is 1.32 bits per heavy atom. The van der Waals surface area contributed by atoms with E-state index in [1.54, 1.807) is 11.1 Å². The average molecular weight is 308 g/mol. The number of carbonyl (C=O) groups is 2. The van der Waals surface area contributed by atoms with E-state index in [1.165, 1.54) is 6.42 Å². The van der Waals surface area contributed by atoms with Gasteiger partial charge in [-0.1, -0.05) is 0 Å². The van der Waals surface area contributed by atoms with Gasteiger partial charge in [0.1, 0.15) is 0 Å². The molecular formula is C15H24N4O3. The molecule has 7 heteroatoms. The largest absolute Gasteiger partial charge is 0.481 e. The number of aryl methyl sites for hydroxylation is 1. The zero-order valence-electron chi connectivity index (χ0n) is 12.8. The highest BCUT2D eigenvalue weighted by atomic mass is 16.4. The van der Waals surface area contributed by atoms with Crippen molar-refractivity contribution in [3.8, 4) is 0 Å². The lowest BCUT2D eigenvalue weighted by Gasteiger charge is -2.32. The first-order chi connectivity index (χ1) is 10.6. The van der Waals surface area contributed by atoms with Crippen molar-refractivity contribution in [2.75, 3.05) is 19.6 Å². The molecule has 0 saturated carbocycles. The molecule has 0 bridgehead atoms. The lowest BCUT2D eigenvalue weighted by atomic mass is 9.92. The molecule has 2 amide bonds. The van der Waals surface area contributed by atoms with E-state index < -0.39 is 5.97 Å². The van der Waals surface area contributed by atoms with Gasteiger partial charge < -0.3 is 19.9 Å². The number of likely N-dealkylation sites (tertiary alicyclic amines) is 1. The van der Waals surface area contributed by atoms with Crippen molar-refractivity contribution >= 4 is 12.0 Å². The van der Waals surface area contributed by atoms with Gasteiger partial charge in [0.25, 0.3) is 0 Å². The van der Waals surface area contributed by atoms with Gasteiger partial charge in [-0.25, -0.2) is 9.78 Å². The molecule has 0 radical (unpaired) electrons. The number of hydrogen-bond acceptors (Lipinski definition) is 3. The first-order valence-electron chi connectivity index (χ1n) is 7.85. The van der Waals surface area contributed by atoms with Crippen LogP contribution in [0.25, 0.3) is 0 Å². The Bertz CT molecular complexity index is 467. The summed E-state index contributed by atoms with van der Waals surface area (Å²) in [5, 5.41) is 11.2. The quantitative estimate of drug-likeness (QED) is 0.800. The number of carbonyl (C=O) groups excluding carboxylic acids is 1. The van der Waals surface area contributed by atoms with Crippen LogP contribution in [0.15, 0.2) is 18.7 Å². The van der Waals surface area contributed by atoms with Crippen LogP contribution >= 0.6 is 0 Å². The third kappa shape index (κ3) is 5.38. The molecule has 1 aliphatic rings. The van der Waals surface area contributed by atoms with E-state index in [9.17, 15) is 9.59 Å². The Balaban J connectivity index is 1.58. The number of carboxylic acid groups (broad SMARTS) is 1. The second kappa shape index (κ2) is 8.41. The van der Waals surface area contributed by atoms with E-state index in [0.29, 0.717) is 5.92 Å². The molecule has 22 heavy (non-hydrogen) atoms. The van der Waals surface area contributed by atoms with Crippen LogP contribution in [0.1, 0.15) is 32.1 Å². The molecule has 1 saturated heterocycles. The summed E-state index contributed by atoms with van der Waals surface area (Å²) in [6, 6.07) is -0.141. The summed E-state index contributed by atoms with van der Waals surface area (Å²) in [6.07, 6.45) is 9.93. The molecule has 0 atom stereocenters. The first kappa shape index (κ1) is 16.3. The lowest BCUT2D eigenvalue weighted by Crippen LogP contribution is -2.45. The molecule has 0 aromatic carbocycles. The van der Waals surface area contributed by atoms with E-state index >= 15 is 0 Å². The molecule has 1 aromatic heterocycles. The van der Waals surface area contributed by atoms with Gasteiger partial charge in [0, 0.05) is 38.6 Å². The standard InChI is InChI=1S/C15H24N4O3/c20-14(21)3-6-17-15(22)19-9-4-13(5-10-19)2-1-8-18-11-7-16-12-18/h7,11-13H,1-6,8-10H2,(H,17,22)(H,20,21). The summed E-state index contributed by atoms with van der Waals surface area (Å²) in [6.45, 7) is 2.71. The Kier molecular flexibility index (Phi) is 6.24.